The Kier molecular flexibility index (Phi) is 7.99. The molecule has 0 fully saturated rings. The summed E-state index contributed by atoms with van der Waals surface area (Å²) in [5.41, 5.74) is 2.71. The highest BCUT2D eigenvalue weighted by molar-refractivity contribution is 5.90. The summed E-state index contributed by atoms with van der Waals surface area (Å²) in [7, 11) is 1.67. The number of rotatable bonds is 10. The molecule has 2 aromatic rings. The van der Waals surface area contributed by atoms with Crippen molar-refractivity contribution in [2.75, 3.05) is 26.9 Å². The third kappa shape index (κ3) is 6.24. The van der Waals surface area contributed by atoms with Crippen LogP contribution in [-0.2, 0) is 9.47 Å². The highest BCUT2D eigenvalue weighted by Gasteiger charge is 2.07. The normalized spacial score (nSPS) is 10.5. The predicted molar refractivity (Wildman–Crippen MR) is 99.1 cm³/mol. The molecule has 134 valence electrons. The van der Waals surface area contributed by atoms with E-state index in [-0.39, 0.29) is 5.97 Å². The largest absolute Gasteiger partial charge is 0.494 e. The molecule has 0 aromatic heterocycles. The SMILES string of the molecule is CCCOc1ccc(-c2ccc(C(=O)OCCCCOC)cc2)cc1. The van der Waals surface area contributed by atoms with Crippen LogP contribution in [0.25, 0.3) is 11.1 Å². The van der Waals surface area contributed by atoms with E-state index in [0.29, 0.717) is 18.8 Å². The lowest BCUT2D eigenvalue weighted by Crippen LogP contribution is -2.07. The van der Waals surface area contributed by atoms with Gasteiger partial charge in [0.15, 0.2) is 0 Å². The third-order valence-electron chi connectivity index (χ3n) is 3.76. The van der Waals surface area contributed by atoms with E-state index in [2.05, 4.69) is 6.92 Å². The van der Waals surface area contributed by atoms with Crippen molar-refractivity contribution in [2.24, 2.45) is 0 Å². The fourth-order valence-electron chi connectivity index (χ4n) is 2.36. The maximum Gasteiger partial charge on any atom is 0.338 e. The smallest absolute Gasteiger partial charge is 0.338 e. The fraction of sp³-hybridized carbons (Fsp3) is 0.381. The van der Waals surface area contributed by atoms with Gasteiger partial charge < -0.3 is 14.2 Å². The second-order valence-electron chi connectivity index (χ2n) is 5.79. The first-order valence-corrected chi connectivity index (χ1v) is 8.74. The molecule has 25 heavy (non-hydrogen) atoms. The van der Waals surface area contributed by atoms with Crippen molar-refractivity contribution in [1.29, 1.82) is 0 Å². The van der Waals surface area contributed by atoms with Crippen LogP contribution in [0.15, 0.2) is 48.5 Å². The van der Waals surface area contributed by atoms with E-state index >= 15 is 0 Å². The second kappa shape index (κ2) is 10.5. The Morgan fingerprint density at radius 2 is 1.44 bits per heavy atom. The van der Waals surface area contributed by atoms with Crippen molar-refractivity contribution in [3.8, 4) is 16.9 Å². The molecule has 0 heterocycles. The van der Waals surface area contributed by atoms with Crippen LogP contribution in [0.2, 0.25) is 0 Å². The number of unbranched alkanes of at least 4 members (excludes halogenated alkanes) is 1. The molecule has 2 aromatic carbocycles. The van der Waals surface area contributed by atoms with Gasteiger partial charge in [-0.15, -0.1) is 0 Å². The minimum atomic E-state index is -0.285. The van der Waals surface area contributed by atoms with Crippen LogP contribution in [0.1, 0.15) is 36.5 Å². The molecule has 0 saturated heterocycles. The molecule has 4 nitrogen and oxygen atoms in total. The summed E-state index contributed by atoms with van der Waals surface area (Å²) in [6.07, 6.45) is 2.69. The van der Waals surface area contributed by atoms with Crippen LogP contribution in [0, 0.1) is 0 Å². The van der Waals surface area contributed by atoms with Gasteiger partial charge in [0.1, 0.15) is 5.75 Å². The van der Waals surface area contributed by atoms with Gasteiger partial charge in [0.2, 0.25) is 0 Å². The number of hydrogen-bond acceptors (Lipinski definition) is 4. The summed E-state index contributed by atoms with van der Waals surface area (Å²) in [5, 5.41) is 0. The van der Waals surface area contributed by atoms with Gasteiger partial charge in [-0.05, 0) is 54.7 Å². The Labute approximate surface area is 149 Å². The molecule has 2 rings (SSSR count). The van der Waals surface area contributed by atoms with Crippen LogP contribution in [0.5, 0.6) is 5.75 Å². The summed E-state index contributed by atoms with van der Waals surface area (Å²) in [4.78, 5) is 12.0. The van der Waals surface area contributed by atoms with Crippen molar-refractivity contribution in [2.45, 2.75) is 26.2 Å². The van der Waals surface area contributed by atoms with Crippen LogP contribution in [0.3, 0.4) is 0 Å². The second-order valence-corrected chi connectivity index (χ2v) is 5.79. The number of carbonyl (C=O) groups excluding carboxylic acids is 1. The van der Waals surface area contributed by atoms with Crippen molar-refractivity contribution in [3.63, 3.8) is 0 Å². The molecule has 0 spiro atoms. The van der Waals surface area contributed by atoms with Gasteiger partial charge in [0.05, 0.1) is 18.8 Å². The fourth-order valence-corrected chi connectivity index (χ4v) is 2.36. The van der Waals surface area contributed by atoms with Crippen molar-refractivity contribution < 1.29 is 19.0 Å². The van der Waals surface area contributed by atoms with Crippen LogP contribution in [0.4, 0.5) is 0 Å². The number of hydrogen-bond donors (Lipinski definition) is 0. The Hall–Kier alpha value is -2.33. The molecule has 0 radical (unpaired) electrons. The van der Waals surface area contributed by atoms with E-state index in [4.69, 9.17) is 14.2 Å². The summed E-state index contributed by atoms with van der Waals surface area (Å²) in [5.74, 6) is 0.589. The monoisotopic (exact) mass is 342 g/mol. The molecule has 0 saturated carbocycles. The molecule has 0 aliphatic rings. The van der Waals surface area contributed by atoms with E-state index in [0.717, 1.165) is 42.7 Å². The number of methoxy groups -OCH3 is 1. The molecule has 0 aliphatic carbocycles. The molecule has 4 heteroatoms. The quantitative estimate of drug-likeness (QED) is 0.463. The number of esters is 1. The Balaban J connectivity index is 1.89. The van der Waals surface area contributed by atoms with Gasteiger partial charge >= 0.3 is 5.97 Å². The highest BCUT2D eigenvalue weighted by atomic mass is 16.5. The third-order valence-corrected chi connectivity index (χ3v) is 3.76. The molecule has 0 aliphatic heterocycles. The van der Waals surface area contributed by atoms with E-state index in [9.17, 15) is 4.79 Å². The van der Waals surface area contributed by atoms with E-state index in [1.165, 1.54) is 0 Å². The zero-order valence-corrected chi connectivity index (χ0v) is 15.0. The summed E-state index contributed by atoms with van der Waals surface area (Å²) >= 11 is 0. The maximum atomic E-state index is 12.0. The number of benzene rings is 2. The van der Waals surface area contributed by atoms with Crippen molar-refractivity contribution in [3.05, 3.63) is 54.1 Å². The van der Waals surface area contributed by atoms with Crippen molar-refractivity contribution >= 4 is 5.97 Å². The van der Waals surface area contributed by atoms with Gasteiger partial charge in [-0.3, -0.25) is 0 Å². The lowest BCUT2D eigenvalue weighted by molar-refractivity contribution is 0.0489. The van der Waals surface area contributed by atoms with Crippen molar-refractivity contribution in [1.82, 2.24) is 0 Å². The first kappa shape index (κ1) is 19.0. The van der Waals surface area contributed by atoms with Gasteiger partial charge in [0.25, 0.3) is 0 Å². The zero-order chi connectivity index (χ0) is 17.9. The molecule has 0 atom stereocenters. The molecular weight excluding hydrogens is 316 g/mol. The summed E-state index contributed by atoms with van der Waals surface area (Å²) < 4.78 is 15.8. The first-order chi connectivity index (χ1) is 12.2. The Morgan fingerprint density at radius 3 is 2.04 bits per heavy atom. The average molecular weight is 342 g/mol. The van der Waals surface area contributed by atoms with Crippen LogP contribution >= 0.6 is 0 Å². The highest BCUT2D eigenvalue weighted by Crippen LogP contribution is 2.23. The number of carbonyl (C=O) groups is 1. The molecule has 0 unspecified atom stereocenters. The summed E-state index contributed by atoms with van der Waals surface area (Å²) in [6.45, 7) is 3.92. The number of ether oxygens (including phenoxy) is 3. The average Bonchev–Trinajstić information content (AvgIpc) is 2.66. The molecule has 0 amide bonds. The van der Waals surface area contributed by atoms with Gasteiger partial charge in [-0.25, -0.2) is 4.79 Å². The Bertz CT molecular complexity index is 632. The molecule has 0 bridgehead atoms. The van der Waals surface area contributed by atoms with Gasteiger partial charge in [-0.2, -0.15) is 0 Å². The zero-order valence-electron chi connectivity index (χ0n) is 15.0. The van der Waals surface area contributed by atoms with E-state index in [1.54, 1.807) is 19.2 Å². The topological polar surface area (TPSA) is 44.8 Å². The lowest BCUT2D eigenvalue weighted by atomic mass is 10.0. The standard InChI is InChI=1S/C21H26O4/c1-3-14-24-20-12-10-18(11-13-20)17-6-8-19(9-7-17)21(22)25-16-5-4-15-23-2/h6-13H,3-5,14-16H2,1-2H3. The van der Waals surface area contributed by atoms with Gasteiger partial charge in [-0.1, -0.05) is 31.2 Å². The maximum absolute atomic E-state index is 12.0. The van der Waals surface area contributed by atoms with Crippen LogP contribution < -0.4 is 4.74 Å². The minimum Gasteiger partial charge on any atom is -0.494 e. The van der Waals surface area contributed by atoms with Crippen LogP contribution in [-0.4, -0.2) is 32.9 Å². The summed E-state index contributed by atoms with van der Waals surface area (Å²) in [6, 6.07) is 15.4. The predicted octanol–water partition coefficient (Wildman–Crippen LogP) is 4.73. The van der Waals surface area contributed by atoms with Gasteiger partial charge in [0, 0.05) is 13.7 Å². The van der Waals surface area contributed by atoms with E-state index in [1.807, 2.05) is 36.4 Å². The van der Waals surface area contributed by atoms with E-state index < -0.39 is 0 Å². The molecular formula is C21H26O4. The molecule has 0 N–H and O–H groups in total. The first-order valence-electron chi connectivity index (χ1n) is 8.74. The Morgan fingerprint density at radius 1 is 0.840 bits per heavy atom. The minimum absolute atomic E-state index is 0.285. The lowest BCUT2D eigenvalue weighted by Gasteiger charge is -2.08.